The van der Waals surface area contributed by atoms with Crippen molar-refractivity contribution in [3.8, 4) is 0 Å². The van der Waals surface area contributed by atoms with Crippen LogP contribution in [-0.2, 0) is 11.0 Å². The summed E-state index contributed by atoms with van der Waals surface area (Å²) in [5.41, 5.74) is 0.191. The third-order valence-electron chi connectivity index (χ3n) is 3.63. The molecule has 2 aromatic rings. The van der Waals surface area contributed by atoms with Crippen LogP contribution in [0.2, 0.25) is 0 Å². The van der Waals surface area contributed by atoms with Gasteiger partial charge in [-0.1, -0.05) is 11.3 Å². The van der Waals surface area contributed by atoms with Crippen LogP contribution in [0.5, 0.6) is 0 Å². The molecule has 0 amide bonds. The summed E-state index contributed by atoms with van der Waals surface area (Å²) in [4.78, 5) is 27.5. The van der Waals surface area contributed by atoms with E-state index in [0.29, 0.717) is 21.8 Å². The van der Waals surface area contributed by atoms with Gasteiger partial charge in [0, 0.05) is 12.6 Å². The van der Waals surface area contributed by atoms with Crippen LogP contribution in [0, 0.1) is 0 Å². The highest BCUT2D eigenvalue weighted by atomic mass is 32.1. The van der Waals surface area contributed by atoms with Crippen molar-refractivity contribution in [1.29, 1.82) is 0 Å². The summed E-state index contributed by atoms with van der Waals surface area (Å²) in [6.45, 7) is 0. The number of thiazole rings is 1. The molecule has 0 bridgehead atoms. The van der Waals surface area contributed by atoms with Gasteiger partial charge < -0.3 is 10.4 Å². The molecule has 0 spiro atoms. The van der Waals surface area contributed by atoms with Gasteiger partial charge in [0.2, 0.25) is 11.1 Å². The average molecular weight is 379 g/mol. The number of amidine groups is 1. The number of carboxylic acid groups (broad SMARTS) is 1. The average Bonchev–Trinajstić information content (AvgIpc) is 3.14. The Labute approximate surface area is 147 Å². The first-order valence-electron chi connectivity index (χ1n) is 7.21. The van der Waals surface area contributed by atoms with E-state index < -0.39 is 17.7 Å². The fourth-order valence-corrected chi connectivity index (χ4v) is 3.27. The Kier molecular flexibility index (Phi) is 3.61. The van der Waals surface area contributed by atoms with Crippen molar-refractivity contribution in [1.82, 2.24) is 10.3 Å². The van der Waals surface area contributed by atoms with Gasteiger partial charge in [0.05, 0.1) is 27.1 Å². The summed E-state index contributed by atoms with van der Waals surface area (Å²) in [6.07, 6.45) is -3.08. The van der Waals surface area contributed by atoms with Crippen molar-refractivity contribution in [3.63, 3.8) is 0 Å². The highest BCUT2D eigenvalue weighted by Crippen LogP contribution is 2.35. The van der Waals surface area contributed by atoms with E-state index in [1.54, 1.807) is 0 Å². The number of carboxylic acids is 1. The van der Waals surface area contributed by atoms with Gasteiger partial charge in [-0.25, -0.2) is 19.8 Å². The number of alkyl halides is 3. The number of benzene rings is 1. The van der Waals surface area contributed by atoms with Gasteiger partial charge in [-0.2, -0.15) is 18.2 Å². The lowest BCUT2D eigenvalue weighted by Crippen LogP contribution is -2.28. The number of hydrogen-bond acceptors (Lipinski definition) is 5. The van der Waals surface area contributed by atoms with Gasteiger partial charge in [-0.3, -0.25) is 0 Å². The predicted molar refractivity (Wildman–Crippen MR) is 90.1 cm³/mol. The van der Waals surface area contributed by atoms with E-state index in [-0.39, 0.29) is 23.1 Å². The second-order valence-electron chi connectivity index (χ2n) is 5.41. The number of fused-ring (bicyclic) bond motifs is 2. The van der Waals surface area contributed by atoms with Crippen LogP contribution in [0.25, 0.3) is 10.2 Å². The normalized spacial score (nSPS) is 18.3. The van der Waals surface area contributed by atoms with Crippen LogP contribution < -0.4 is 5.32 Å². The predicted octanol–water partition coefficient (Wildman–Crippen LogP) is 3.12. The van der Waals surface area contributed by atoms with E-state index >= 15 is 0 Å². The van der Waals surface area contributed by atoms with Crippen molar-refractivity contribution >= 4 is 50.2 Å². The van der Waals surface area contributed by atoms with Crippen LogP contribution in [0.1, 0.15) is 12.0 Å². The Morgan fingerprint density at radius 1 is 1.35 bits per heavy atom. The molecule has 2 aliphatic heterocycles. The number of carbonyl (C=O) groups is 1. The summed E-state index contributed by atoms with van der Waals surface area (Å²) in [7, 11) is 0. The summed E-state index contributed by atoms with van der Waals surface area (Å²) in [6, 6.07) is 3.28. The lowest BCUT2D eigenvalue weighted by molar-refractivity contribution is -0.137. The summed E-state index contributed by atoms with van der Waals surface area (Å²) in [5, 5.41) is 12.0. The maximum Gasteiger partial charge on any atom is 0.416 e. The van der Waals surface area contributed by atoms with E-state index in [2.05, 4.69) is 25.3 Å². The molecule has 1 aromatic heterocycles. The minimum Gasteiger partial charge on any atom is -0.478 e. The zero-order valence-corrected chi connectivity index (χ0v) is 13.5. The van der Waals surface area contributed by atoms with Crippen molar-refractivity contribution in [3.05, 3.63) is 35.5 Å². The fraction of sp³-hybridized carbons (Fsp3) is 0.133. The second-order valence-corrected chi connectivity index (χ2v) is 6.42. The second kappa shape index (κ2) is 5.73. The molecule has 3 heterocycles. The standard InChI is InChI=1S/C15H8F3N5O2S/c16-15(17,18)7-1-2-8-10(4-7)26-14(21-8)23-13-20-9-3-6(12(24)25)5-19-11(9)22-13/h1-2,4-5H,3H2,(H,24,25)(H,19,21,22,23). The molecule has 11 heteroatoms. The molecule has 0 saturated heterocycles. The topological polar surface area (TPSA) is 99.3 Å². The Bertz CT molecular complexity index is 1060. The molecule has 2 N–H and O–H groups in total. The molecule has 0 saturated carbocycles. The minimum atomic E-state index is -4.42. The SMILES string of the molecule is O=C(O)C1=CN=C2N/C(=N\c3nc4ccc(C(F)(F)F)cc4s3)N=C2C1. The Morgan fingerprint density at radius 3 is 2.88 bits per heavy atom. The van der Waals surface area contributed by atoms with Crippen LogP contribution in [0.15, 0.2) is 44.9 Å². The van der Waals surface area contributed by atoms with Crippen molar-refractivity contribution in [2.45, 2.75) is 12.6 Å². The van der Waals surface area contributed by atoms with E-state index in [1.165, 1.54) is 12.3 Å². The van der Waals surface area contributed by atoms with Gasteiger partial charge in [0.25, 0.3) is 0 Å². The Hall–Kier alpha value is -3.08. The fourth-order valence-electron chi connectivity index (χ4n) is 2.40. The van der Waals surface area contributed by atoms with Crippen LogP contribution in [0.4, 0.5) is 18.3 Å². The zero-order valence-electron chi connectivity index (χ0n) is 12.7. The third-order valence-corrected chi connectivity index (χ3v) is 4.54. The molecule has 2 aliphatic rings. The van der Waals surface area contributed by atoms with Crippen molar-refractivity contribution in [2.24, 2.45) is 15.0 Å². The van der Waals surface area contributed by atoms with Crippen LogP contribution in [0.3, 0.4) is 0 Å². The zero-order chi connectivity index (χ0) is 18.5. The van der Waals surface area contributed by atoms with E-state index in [4.69, 9.17) is 5.11 Å². The Balaban J connectivity index is 1.63. The molecule has 0 unspecified atom stereocenters. The van der Waals surface area contributed by atoms with Gasteiger partial charge in [0.1, 0.15) is 0 Å². The molecular formula is C15H8F3N5O2S. The molecule has 26 heavy (non-hydrogen) atoms. The number of aromatic nitrogens is 1. The highest BCUT2D eigenvalue weighted by Gasteiger charge is 2.31. The number of hydrogen-bond donors (Lipinski definition) is 2. The molecule has 0 fully saturated rings. The lowest BCUT2D eigenvalue weighted by atomic mass is 10.1. The molecular weight excluding hydrogens is 371 g/mol. The summed E-state index contributed by atoms with van der Waals surface area (Å²) >= 11 is 0.998. The van der Waals surface area contributed by atoms with Gasteiger partial charge in [-0.15, -0.1) is 0 Å². The Morgan fingerprint density at radius 2 is 2.15 bits per heavy atom. The number of halogens is 3. The summed E-state index contributed by atoms with van der Waals surface area (Å²) in [5.74, 6) is -0.518. The highest BCUT2D eigenvalue weighted by molar-refractivity contribution is 7.22. The first-order chi connectivity index (χ1) is 12.3. The first kappa shape index (κ1) is 16.4. The maximum atomic E-state index is 12.8. The van der Waals surface area contributed by atoms with Crippen LogP contribution in [-0.4, -0.2) is 33.6 Å². The quantitative estimate of drug-likeness (QED) is 0.837. The van der Waals surface area contributed by atoms with E-state index in [0.717, 1.165) is 23.5 Å². The van der Waals surface area contributed by atoms with Gasteiger partial charge in [0.15, 0.2) is 5.84 Å². The number of aliphatic carboxylic acids is 1. The molecule has 7 nitrogen and oxygen atoms in total. The number of rotatable bonds is 2. The number of nitrogens with one attached hydrogen (secondary N) is 1. The third kappa shape index (κ3) is 2.96. The monoisotopic (exact) mass is 379 g/mol. The largest absolute Gasteiger partial charge is 0.478 e. The van der Waals surface area contributed by atoms with E-state index in [1.807, 2.05) is 0 Å². The summed E-state index contributed by atoms with van der Waals surface area (Å²) < 4.78 is 38.7. The number of aliphatic imine (C=N–C) groups is 3. The van der Waals surface area contributed by atoms with Gasteiger partial charge in [-0.05, 0) is 18.2 Å². The smallest absolute Gasteiger partial charge is 0.416 e. The van der Waals surface area contributed by atoms with Crippen molar-refractivity contribution in [2.75, 3.05) is 0 Å². The number of nitrogens with zero attached hydrogens (tertiary/aromatic N) is 4. The van der Waals surface area contributed by atoms with Gasteiger partial charge >= 0.3 is 12.1 Å². The van der Waals surface area contributed by atoms with Crippen molar-refractivity contribution < 1.29 is 23.1 Å². The minimum absolute atomic E-state index is 0.106. The molecule has 0 atom stereocenters. The maximum absolute atomic E-state index is 12.8. The van der Waals surface area contributed by atoms with Crippen LogP contribution >= 0.6 is 11.3 Å². The molecule has 0 aliphatic carbocycles. The lowest BCUT2D eigenvalue weighted by Gasteiger charge is -2.06. The molecule has 132 valence electrons. The molecule has 1 aromatic carbocycles. The number of guanidine groups is 1. The van der Waals surface area contributed by atoms with E-state index in [9.17, 15) is 18.0 Å². The molecule has 0 radical (unpaired) electrons. The molecule has 4 rings (SSSR count). The first-order valence-corrected chi connectivity index (χ1v) is 8.03.